The minimum absolute atomic E-state index is 0.151. The van der Waals surface area contributed by atoms with Crippen LogP contribution < -0.4 is 4.74 Å². The molecule has 90 valence electrons. The van der Waals surface area contributed by atoms with Gasteiger partial charge in [0.25, 0.3) is 0 Å². The fraction of sp³-hybridized carbons (Fsp3) is 0.273. The van der Waals surface area contributed by atoms with Crippen LogP contribution in [0.4, 0.5) is 0 Å². The molecule has 1 aromatic carbocycles. The molecule has 0 spiro atoms. The van der Waals surface area contributed by atoms with Gasteiger partial charge in [0.1, 0.15) is 5.75 Å². The number of rotatable bonds is 3. The molecule has 0 bridgehead atoms. The van der Waals surface area contributed by atoms with Crippen molar-refractivity contribution in [3.05, 3.63) is 28.2 Å². The summed E-state index contributed by atoms with van der Waals surface area (Å²) in [5.41, 5.74) is 0.151. The Morgan fingerprint density at radius 3 is 2.82 bits per heavy atom. The van der Waals surface area contributed by atoms with Crippen molar-refractivity contribution in [3.63, 3.8) is 0 Å². The summed E-state index contributed by atoms with van der Waals surface area (Å²) in [7, 11) is 0. The number of carboxylic acids is 1. The molecule has 1 aromatic rings. The molecule has 0 aliphatic carbocycles. The summed E-state index contributed by atoms with van der Waals surface area (Å²) in [5.74, 6) is -0.976. The summed E-state index contributed by atoms with van der Waals surface area (Å²) in [6, 6.07) is 4.36. The smallest absolute Gasteiger partial charge is 0.347 e. The number of carboxylic acid groups (broad SMARTS) is 1. The average molecular weight is 301 g/mol. The van der Waals surface area contributed by atoms with Crippen LogP contribution >= 0.6 is 15.9 Å². The predicted octanol–water partition coefficient (Wildman–Crippen LogP) is 1.84. The number of carbonyl (C=O) groups is 2. The van der Waals surface area contributed by atoms with Gasteiger partial charge in [-0.15, -0.1) is 0 Å². The number of hydrogen-bond donors (Lipinski definition) is 1. The Bertz CT molecular complexity index is 471. The van der Waals surface area contributed by atoms with Crippen molar-refractivity contribution in [1.82, 2.24) is 0 Å². The van der Waals surface area contributed by atoms with Gasteiger partial charge in [-0.3, -0.25) is 0 Å². The molecule has 1 atom stereocenters. The van der Waals surface area contributed by atoms with Crippen LogP contribution in [0.25, 0.3) is 0 Å². The second-order valence-corrected chi connectivity index (χ2v) is 4.37. The lowest BCUT2D eigenvalue weighted by Crippen LogP contribution is -2.21. The molecular formula is C11H9BrO5. The summed E-state index contributed by atoms with van der Waals surface area (Å²) in [6.45, 7) is 0.355. The first-order chi connectivity index (χ1) is 8.08. The largest absolute Gasteiger partial charge is 0.478 e. The zero-order valence-electron chi connectivity index (χ0n) is 8.68. The third-order valence-electron chi connectivity index (χ3n) is 2.34. The van der Waals surface area contributed by atoms with Gasteiger partial charge in [-0.05, 0) is 34.1 Å². The summed E-state index contributed by atoms with van der Waals surface area (Å²) in [5, 5.41) is 8.79. The molecule has 0 radical (unpaired) electrons. The molecule has 1 aliphatic heterocycles. The highest BCUT2D eigenvalue weighted by molar-refractivity contribution is 9.10. The van der Waals surface area contributed by atoms with Gasteiger partial charge in [-0.1, -0.05) is 0 Å². The van der Waals surface area contributed by atoms with Crippen LogP contribution in [0.15, 0.2) is 22.7 Å². The van der Waals surface area contributed by atoms with Crippen LogP contribution in [0.2, 0.25) is 0 Å². The van der Waals surface area contributed by atoms with Gasteiger partial charge in [0, 0.05) is 6.42 Å². The number of aromatic carboxylic acids is 1. The molecule has 0 saturated carbocycles. The van der Waals surface area contributed by atoms with Gasteiger partial charge in [0.2, 0.25) is 0 Å². The van der Waals surface area contributed by atoms with Crippen molar-refractivity contribution in [3.8, 4) is 5.75 Å². The van der Waals surface area contributed by atoms with E-state index in [0.29, 0.717) is 23.2 Å². The zero-order chi connectivity index (χ0) is 12.4. The van der Waals surface area contributed by atoms with E-state index in [1.54, 1.807) is 0 Å². The number of halogens is 1. The van der Waals surface area contributed by atoms with Crippen LogP contribution in [0.1, 0.15) is 16.8 Å². The van der Waals surface area contributed by atoms with E-state index in [2.05, 4.69) is 15.9 Å². The first-order valence-corrected chi connectivity index (χ1v) is 5.73. The Balaban J connectivity index is 2.16. The number of cyclic esters (lactones) is 1. The second-order valence-electron chi connectivity index (χ2n) is 3.51. The lowest BCUT2D eigenvalue weighted by Gasteiger charge is -2.11. The highest BCUT2D eigenvalue weighted by Crippen LogP contribution is 2.28. The molecule has 17 heavy (non-hydrogen) atoms. The normalized spacial score (nSPS) is 18.9. The molecule has 2 rings (SSSR count). The van der Waals surface area contributed by atoms with E-state index in [1.807, 2.05) is 0 Å². The standard InChI is InChI=1S/C11H9BrO5/c12-7-5-6(10(13)14)1-2-8(7)17-9-3-4-16-11(9)15/h1-2,5,9H,3-4H2,(H,13,14). The van der Waals surface area contributed by atoms with Crippen LogP contribution in [0.3, 0.4) is 0 Å². The molecule has 1 unspecified atom stereocenters. The topological polar surface area (TPSA) is 72.8 Å². The second kappa shape index (κ2) is 4.75. The number of esters is 1. The number of ether oxygens (including phenoxy) is 2. The Kier molecular flexibility index (Phi) is 3.33. The molecule has 6 heteroatoms. The summed E-state index contributed by atoms with van der Waals surface area (Å²) < 4.78 is 10.7. The van der Waals surface area contributed by atoms with Gasteiger partial charge in [0.05, 0.1) is 16.6 Å². The van der Waals surface area contributed by atoms with E-state index in [1.165, 1.54) is 18.2 Å². The lowest BCUT2D eigenvalue weighted by molar-refractivity contribution is -0.143. The van der Waals surface area contributed by atoms with Gasteiger partial charge in [0.15, 0.2) is 6.10 Å². The molecule has 5 nitrogen and oxygen atoms in total. The SMILES string of the molecule is O=C(O)c1ccc(OC2CCOC2=O)c(Br)c1. The number of carbonyl (C=O) groups excluding carboxylic acids is 1. The van der Waals surface area contributed by atoms with E-state index < -0.39 is 12.1 Å². The first kappa shape index (κ1) is 11.9. The van der Waals surface area contributed by atoms with Crippen LogP contribution in [0, 0.1) is 0 Å². The quantitative estimate of drug-likeness (QED) is 0.862. The molecule has 1 fully saturated rings. The number of benzene rings is 1. The first-order valence-electron chi connectivity index (χ1n) is 4.94. The highest BCUT2D eigenvalue weighted by atomic mass is 79.9. The molecule has 1 aliphatic rings. The van der Waals surface area contributed by atoms with Crippen LogP contribution in [-0.2, 0) is 9.53 Å². The van der Waals surface area contributed by atoms with Crippen molar-refractivity contribution in [2.45, 2.75) is 12.5 Å². The summed E-state index contributed by atoms with van der Waals surface area (Å²) >= 11 is 3.20. The van der Waals surface area contributed by atoms with E-state index in [0.717, 1.165) is 0 Å². The predicted molar refractivity (Wildman–Crippen MR) is 61.1 cm³/mol. The Morgan fingerprint density at radius 2 is 2.29 bits per heavy atom. The highest BCUT2D eigenvalue weighted by Gasteiger charge is 2.28. The van der Waals surface area contributed by atoms with Gasteiger partial charge in [-0.25, -0.2) is 9.59 Å². The minimum Gasteiger partial charge on any atom is -0.478 e. The van der Waals surface area contributed by atoms with Crippen LogP contribution in [0.5, 0.6) is 5.75 Å². The fourth-order valence-corrected chi connectivity index (χ4v) is 1.94. The van der Waals surface area contributed by atoms with Gasteiger partial charge >= 0.3 is 11.9 Å². The Labute approximate surface area is 105 Å². The molecule has 0 aromatic heterocycles. The Hall–Kier alpha value is -1.56. The third-order valence-corrected chi connectivity index (χ3v) is 2.96. The van der Waals surface area contributed by atoms with E-state index in [9.17, 15) is 9.59 Å². The zero-order valence-corrected chi connectivity index (χ0v) is 10.3. The lowest BCUT2D eigenvalue weighted by atomic mass is 10.2. The van der Waals surface area contributed by atoms with E-state index >= 15 is 0 Å². The monoisotopic (exact) mass is 300 g/mol. The molecule has 1 saturated heterocycles. The van der Waals surface area contributed by atoms with Crippen LogP contribution in [-0.4, -0.2) is 29.8 Å². The molecule has 1 N–H and O–H groups in total. The van der Waals surface area contributed by atoms with E-state index in [-0.39, 0.29) is 11.5 Å². The maximum absolute atomic E-state index is 11.2. The number of hydrogen-bond acceptors (Lipinski definition) is 4. The molecular weight excluding hydrogens is 292 g/mol. The average Bonchev–Trinajstić information content (AvgIpc) is 2.67. The van der Waals surface area contributed by atoms with Crippen molar-refractivity contribution >= 4 is 27.9 Å². The third kappa shape index (κ3) is 2.58. The maximum Gasteiger partial charge on any atom is 0.347 e. The van der Waals surface area contributed by atoms with Gasteiger partial charge < -0.3 is 14.6 Å². The van der Waals surface area contributed by atoms with E-state index in [4.69, 9.17) is 14.6 Å². The van der Waals surface area contributed by atoms with Gasteiger partial charge in [-0.2, -0.15) is 0 Å². The van der Waals surface area contributed by atoms with Crippen molar-refractivity contribution in [2.75, 3.05) is 6.61 Å². The molecule has 0 amide bonds. The molecule has 1 heterocycles. The Morgan fingerprint density at radius 1 is 1.53 bits per heavy atom. The van der Waals surface area contributed by atoms with Crippen molar-refractivity contribution in [2.24, 2.45) is 0 Å². The summed E-state index contributed by atoms with van der Waals surface area (Å²) in [6.07, 6.45) is -0.103. The van der Waals surface area contributed by atoms with Crippen molar-refractivity contribution < 1.29 is 24.2 Å². The van der Waals surface area contributed by atoms with Crippen molar-refractivity contribution in [1.29, 1.82) is 0 Å². The maximum atomic E-state index is 11.2. The fourth-order valence-electron chi connectivity index (χ4n) is 1.47. The summed E-state index contributed by atoms with van der Waals surface area (Å²) in [4.78, 5) is 21.9. The minimum atomic E-state index is -1.02.